The summed E-state index contributed by atoms with van der Waals surface area (Å²) in [4.78, 5) is 38.8. The lowest BCUT2D eigenvalue weighted by atomic mass is 9.84. The van der Waals surface area contributed by atoms with Gasteiger partial charge in [0.05, 0.1) is 12.1 Å². The van der Waals surface area contributed by atoms with Crippen LogP contribution < -0.4 is 10.6 Å². The van der Waals surface area contributed by atoms with E-state index in [9.17, 15) is 19.5 Å². The molecule has 1 aliphatic heterocycles. The lowest BCUT2D eigenvalue weighted by Gasteiger charge is -2.38. The molecule has 0 aromatic carbocycles. The zero-order valence-corrected chi connectivity index (χ0v) is 18.3. The minimum atomic E-state index is -1.00. The van der Waals surface area contributed by atoms with Gasteiger partial charge in [0.2, 0.25) is 11.8 Å². The van der Waals surface area contributed by atoms with Crippen molar-refractivity contribution in [2.24, 2.45) is 11.3 Å². The van der Waals surface area contributed by atoms with Crippen LogP contribution in [0, 0.1) is 11.3 Å². The van der Waals surface area contributed by atoms with Crippen molar-refractivity contribution in [2.45, 2.75) is 78.9 Å². The summed E-state index contributed by atoms with van der Waals surface area (Å²) in [6.45, 7) is 12.0. The number of likely N-dealkylation sites (N-methyl/N-ethyl adjacent to an activating group) is 1. The average molecular weight is 396 g/mol. The number of hydrogen-bond acceptors (Lipinski definition) is 4. The minimum Gasteiger partial charge on any atom is -0.478 e. The van der Waals surface area contributed by atoms with Crippen molar-refractivity contribution in [1.29, 1.82) is 0 Å². The fraction of sp³-hybridized carbons (Fsp3) is 0.762. The van der Waals surface area contributed by atoms with E-state index in [1.165, 1.54) is 6.92 Å². The molecule has 0 radical (unpaired) electrons. The summed E-state index contributed by atoms with van der Waals surface area (Å²) in [7, 11) is 1.67. The molecule has 1 heterocycles. The zero-order chi connectivity index (χ0) is 21.6. The van der Waals surface area contributed by atoms with Crippen molar-refractivity contribution >= 4 is 17.8 Å². The molecule has 0 bridgehead atoms. The summed E-state index contributed by atoms with van der Waals surface area (Å²) in [5.74, 6) is -1.35. The van der Waals surface area contributed by atoms with Crippen molar-refractivity contribution in [3.8, 4) is 0 Å². The maximum absolute atomic E-state index is 13.3. The molecule has 3 N–H and O–H groups in total. The Labute approximate surface area is 168 Å². The number of carbonyl (C=O) groups excluding carboxylic acids is 2. The van der Waals surface area contributed by atoms with Crippen LogP contribution in [0.1, 0.15) is 60.8 Å². The first kappa shape index (κ1) is 24.1. The topological polar surface area (TPSA) is 98.7 Å². The van der Waals surface area contributed by atoms with Crippen LogP contribution in [-0.4, -0.2) is 59.5 Å². The molecule has 1 aliphatic rings. The van der Waals surface area contributed by atoms with Crippen LogP contribution in [0.4, 0.5) is 0 Å². The van der Waals surface area contributed by atoms with E-state index in [4.69, 9.17) is 0 Å². The number of nitrogens with one attached hydrogen (secondary N) is 2. The van der Waals surface area contributed by atoms with Gasteiger partial charge in [-0.05, 0) is 37.6 Å². The van der Waals surface area contributed by atoms with Gasteiger partial charge in [-0.25, -0.2) is 4.79 Å². The smallest absolute Gasteiger partial charge is 0.331 e. The number of hydrogen-bond donors (Lipinski definition) is 3. The van der Waals surface area contributed by atoms with Crippen LogP contribution in [0.5, 0.6) is 0 Å². The molecular formula is C21H37N3O4. The molecule has 0 aromatic rings. The number of carboxylic acid groups (broad SMARTS) is 1. The lowest BCUT2D eigenvalue weighted by molar-refractivity contribution is -0.140. The van der Waals surface area contributed by atoms with Crippen LogP contribution in [0.3, 0.4) is 0 Å². The van der Waals surface area contributed by atoms with Gasteiger partial charge >= 0.3 is 5.97 Å². The van der Waals surface area contributed by atoms with Gasteiger partial charge in [-0.1, -0.05) is 47.1 Å². The first-order chi connectivity index (χ1) is 12.9. The van der Waals surface area contributed by atoms with E-state index in [1.54, 1.807) is 18.0 Å². The highest BCUT2D eigenvalue weighted by Crippen LogP contribution is 2.24. The van der Waals surface area contributed by atoms with Crippen LogP contribution in [0.2, 0.25) is 0 Å². The van der Waals surface area contributed by atoms with E-state index in [-0.39, 0.29) is 35.4 Å². The zero-order valence-electron chi connectivity index (χ0n) is 18.3. The molecule has 2 amide bonds. The Balaban J connectivity index is 3.05. The first-order valence-electron chi connectivity index (χ1n) is 10.1. The molecule has 0 unspecified atom stereocenters. The third-order valence-electron chi connectivity index (χ3n) is 5.26. The molecule has 7 heteroatoms. The standard InChI is InChI=1S/C21H37N3O4/c1-13(2)16(12-14(3)20(27)28)24(7)19(26)17(21(4,5)6)23-18(25)15-10-8-9-11-22-15/h12-13,15-17,22H,8-11H2,1-7H3,(H,23,25)(H,27,28)/t15-,16+,17+/m0/s1. The number of piperidine rings is 1. The molecule has 1 fully saturated rings. The van der Waals surface area contributed by atoms with E-state index in [1.807, 2.05) is 34.6 Å². The Morgan fingerprint density at radius 2 is 1.82 bits per heavy atom. The van der Waals surface area contributed by atoms with Crippen molar-refractivity contribution in [3.63, 3.8) is 0 Å². The van der Waals surface area contributed by atoms with E-state index in [2.05, 4.69) is 10.6 Å². The van der Waals surface area contributed by atoms with Gasteiger partial charge in [-0.15, -0.1) is 0 Å². The highest BCUT2D eigenvalue weighted by Gasteiger charge is 2.38. The molecule has 28 heavy (non-hydrogen) atoms. The molecule has 160 valence electrons. The third-order valence-corrected chi connectivity index (χ3v) is 5.26. The van der Waals surface area contributed by atoms with Crippen molar-refractivity contribution < 1.29 is 19.5 Å². The summed E-state index contributed by atoms with van der Waals surface area (Å²) in [5, 5.41) is 15.4. The number of nitrogens with zero attached hydrogens (tertiary/aromatic N) is 1. The highest BCUT2D eigenvalue weighted by atomic mass is 16.4. The maximum atomic E-state index is 13.3. The van der Waals surface area contributed by atoms with Gasteiger partial charge in [0.15, 0.2) is 0 Å². The van der Waals surface area contributed by atoms with Gasteiger partial charge in [-0.3, -0.25) is 9.59 Å². The van der Waals surface area contributed by atoms with Crippen LogP contribution in [0.15, 0.2) is 11.6 Å². The van der Waals surface area contributed by atoms with Crippen molar-refractivity contribution in [1.82, 2.24) is 15.5 Å². The summed E-state index contributed by atoms with van der Waals surface area (Å²) >= 11 is 0. The highest BCUT2D eigenvalue weighted by molar-refractivity contribution is 5.91. The van der Waals surface area contributed by atoms with E-state index < -0.39 is 17.4 Å². The van der Waals surface area contributed by atoms with E-state index >= 15 is 0 Å². The minimum absolute atomic E-state index is 0.0274. The number of carboxylic acids is 1. The molecular weight excluding hydrogens is 358 g/mol. The largest absolute Gasteiger partial charge is 0.478 e. The first-order valence-corrected chi connectivity index (χ1v) is 10.1. The number of carbonyl (C=O) groups is 3. The van der Waals surface area contributed by atoms with Gasteiger partial charge in [-0.2, -0.15) is 0 Å². The number of amides is 2. The normalized spacial score (nSPS) is 20.4. The summed E-state index contributed by atoms with van der Waals surface area (Å²) < 4.78 is 0. The number of aliphatic carboxylic acids is 1. The van der Waals surface area contributed by atoms with Gasteiger partial charge in [0.25, 0.3) is 0 Å². The monoisotopic (exact) mass is 395 g/mol. The second kappa shape index (κ2) is 10.0. The predicted molar refractivity (Wildman–Crippen MR) is 110 cm³/mol. The lowest BCUT2D eigenvalue weighted by Crippen LogP contribution is -2.59. The number of rotatable bonds is 7. The Morgan fingerprint density at radius 1 is 1.21 bits per heavy atom. The quantitative estimate of drug-likeness (QED) is 0.574. The molecule has 1 rings (SSSR count). The summed E-state index contributed by atoms with van der Waals surface area (Å²) in [6, 6.07) is -1.35. The Kier molecular flexibility index (Phi) is 8.67. The molecule has 0 spiro atoms. The molecule has 0 saturated carbocycles. The van der Waals surface area contributed by atoms with Gasteiger partial charge < -0.3 is 20.6 Å². The fourth-order valence-corrected chi connectivity index (χ4v) is 3.40. The van der Waals surface area contributed by atoms with Crippen LogP contribution in [0.25, 0.3) is 0 Å². The summed E-state index contributed by atoms with van der Waals surface area (Å²) in [6.07, 6.45) is 4.42. The van der Waals surface area contributed by atoms with Crippen LogP contribution >= 0.6 is 0 Å². The van der Waals surface area contributed by atoms with E-state index in [0.717, 1.165) is 25.8 Å². The fourth-order valence-electron chi connectivity index (χ4n) is 3.40. The molecule has 7 nitrogen and oxygen atoms in total. The third kappa shape index (κ3) is 6.62. The Bertz CT molecular complexity index is 601. The molecule has 0 aromatic heterocycles. The Hall–Kier alpha value is -1.89. The molecule has 1 saturated heterocycles. The van der Waals surface area contributed by atoms with Gasteiger partial charge in [0.1, 0.15) is 6.04 Å². The summed E-state index contributed by atoms with van der Waals surface area (Å²) in [5.41, 5.74) is -0.288. The average Bonchev–Trinajstić information content (AvgIpc) is 2.61. The maximum Gasteiger partial charge on any atom is 0.331 e. The Morgan fingerprint density at radius 3 is 2.25 bits per heavy atom. The SMILES string of the molecule is CC(=C[C@H](C(C)C)N(C)C(=O)[C@@H](NC(=O)[C@@H]1CCCCN1)C(C)(C)C)C(=O)O. The van der Waals surface area contributed by atoms with E-state index in [0.29, 0.717) is 0 Å². The van der Waals surface area contributed by atoms with Crippen LogP contribution in [-0.2, 0) is 14.4 Å². The predicted octanol–water partition coefficient (Wildman–Crippen LogP) is 2.17. The molecule has 0 aliphatic carbocycles. The van der Waals surface area contributed by atoms with Gasteiger partial charge in [0, 0.05) is 12.6 Å². The second-order valence-corrected chi connectivity index (χ2v) is 9.15. The second-order valence-electron chi connectivity index (χ2n) is 9.15. The van der Waals surface area contributed by atoms with Crippen molar-refractivity contribution in [2.75, 3.05) is 13.6 Å². The van der Waals surface area contributed by atoms with Crippen molar-refractivity contribution in [3.05, 3.63) is 11.6 Å². The molecule has 3 atom stereocenters.